The number of hydrogen-bond acceptors (Lipinski definition) is 5. The van der Waals surface area contributed by atoms with Crippen LogP contribution >= 0.6 is 0 Å². The molecule has 0 bridgehead atoms. The predicted molar refractivity (Wildman–Crippen MR) is 106 cm³/mol. The SMILES string of the molecule is Cc1cc(NC(=O)C(c2ccccc2)N2CC=C(c3nccn3C)CC2)no1. The average Bonchev–Trinajstić information content (AvgIpc) is 3.31. The van der Waals surface area contributed by atoms with Gasteiger partial charge in [-0.25, -0.2) is 4.98 Å². The van der Waals surface area contributed by atoms with Crippen LogP contribution in [0.5, 0.6) is 0 Å². The first-order valence-electron chi connectivity index (χ1n) is 9.32. The summed E-state index contributed by atoms with van der Waals surface area (Å²) in [7, 11) is 2.00. The van der Waals surface area contributed by atoms with Crippen molar-refractivity contribution in [3.8, 4) is 0 Å². The van der Waals surface area contributed by atoms with Crippen LogP contribution in [0.25, 0.3) is 5.57 Å². The van der Waals surface area contributed by atoms with Crippen molar-refractivity contribution < 1.29 is 9.32 Å². The summed E-state index contributed by atoms with van der Waals surface area (Å²) >= 11 is 0. The van der Waals surface area contributed by atoms with Crippen LogP contribution in [-0.2, 0) is 11.8 Å². The van der Waals surface area contributed by atoms with E-state index in [0.29, 0.717) is 18.1 Å². The van der Waals surface area contributed by atoms with Gasteiger partial charge in [0, 0.05) is 38.6 Å². The summed E-state index contributed by atoms with van der Waals surface area (Å²) in [5.41, 5.74) is 2.16. The van der Waals surface area contributed by atoms with Crippen molar-refractivity contribution in [2.45, 2.75) is 19.4 Å². The van der Waals surface area contributed by atoms with Gasteiger partial charge >= 0.3 is 0 Å². The van der Waals surface area contributed by atoms with Crippen LogP contribution in [0.1, 0.15) is 29.6 Å². The second-order valence-corrected chi connectivity index (χ2v) is 6.96. The molecular weight excluding hydrogens is 354 g/mol. The minimum Gasteiger partial charge on any atom is -0.360 e. The molecule has 1 N–H and O–H groups in total. The third kappa shape index (κ3) is 3.75. The molecule has 1 amide bonds. The van der Waals surface area contributed by atoms with E-state index in [9.17, 15) is 4.79 Å². The van der Waals surface area contributed by atoms with Gasteiger partial charge in [0.05, 0.1) is 0 Å². The van der Waals surface area contributed by atoms with Crippen molar-refractivity contribution in [2.75, 3.05) is 18.4 Å². The number of carbonyl (C=O) groups is 1. The third-order valence-corrected chi connectivity index (χ3v) is 4.96. The topological polar surface area (TPSA) is 76.2 Å². The first kappa shape index (κ1) is 18.2. The Bertz CT molecular complexity index is 989. The predicted octanol–water partition coefficient (Wildman–Crippen LogP) is 3.19. The lowest BCUT2D eigenvalue weighted by atomic mass is 10.00. The number of nitrogens with zero attached hydrogens (tertiary/aromatic N) is 4. The first-order valence-corrected chi connectivity index (χ1v) is 9.32. The Labute approximate surface area is 163 Å². The van der Waals surface area contributed by atoms with Crippen molar-refractivity contribution in [3.63, 3.8) is 0 Å². The molecule has 1 aliphatic rings. The van der Waals surface area contributed by atoms with E-state index in [4.69, 9.17) is 4.52 Å². The van der Waals surface area contributed by atoms with Crippen LogP contribution in [0, 0.1) is 6.92 Å². The van der Waals surface area contributed by atoms with Gasteiger partial charge in [-0.3, -0.25) is 9.69 Å². The smallest absolute Gasteiger partial charge is 0.247 e. The summed E-state index contributed by atoms with van der Waals surface area (Å²) in [5, 5.41) is 6.77. The zero-order valence-electron chi connectivity index (χ0n) is 16.0. The number of rotatable bonds is 5. The average molecular weight is 377 g/mol. The van der Waals surface area contributed by atoms with Crippen LogP contribution in [0.4, 0.5) is 5.82 Å². The maximum atomic E-state index is 13.1. The zero-order valence-corrected chi connectivity index (χ0v) is 16.0. The fourth-order valence-corrected chi connectivity index (χ4v) is 3.58. The van der Waals surface area contributed by atoms with E-state index in [1.54, 1.807) is 13.0 Å². The summed E-state index contributed by atoms with van der Waals surface area (Å²) in [4.78, 5) is 19.7. The Morgan fingerprint density at radius 1 is 1.29 bits per heavy atom. The van der Waals surface area contributed by atoms with Crippen molar-refractivity contribution in [3.05, 3.63) is 72.0 Å². The summed E-state index contributed by atoms with van der Waals surface area (Å²) in [6.45, 7) is 3.24. The number of imidazole rings is 1. The molecule has 3 aromatic rings. The van der Waals surface area contributed by atoms with E-state index in [0.717, 1.165) is 24.4 Å². The molecule has 0 fully saturated rings. The quantitative estimate of drug-likeness (QED) is 0.739. The van der Waals surface area contributed by atoms with Crippen LogP contribution in [0.15, 0.2) is 59.4 Å². The van der Waals surface area contributed by atoms with E-state index in [-0.39, 0.29) is 5.91 Å². The molecule has 4 rings (SSSR count). The van der Waals surface area contributed by atoms with E-state index >= 15 is 0 Å². The van der Waals surface area contributed by atoms with Crippen molar-refractivity contribution in [2.24, 2.45) is 7.05 Å². The molecular formula is C21H23N5O2. The number of aromatic nitrogens is 3. The van der Waals surface area contributed by atoms with Gasteiger partial charge in [-0.15, -0.1) is 0 Å². The molecule has 7 nitrogen and oxygen atoms in total. The maximum Gasteiger partial charge on any atom is 0.247 e. The monoisotopic (exact) mass is 377 g/mol. The van der Waals surface area contributed by atoms with Crippen molar-refractivity contribution in [1.82, 2.24) is 19.6 Å². The number of amides is 1. The molecule has 0 saturated carbocycles. The highest BCUT2D eigenvalue weighted by molar-refractivity contribution is 5.94. The van der Waals surface area contributed by atoms with Crippen LogP contribution < -0.4 is 5.32 Å². The number of aryl methyl sites for hydroxylation is 2. The normalized spacial score (nSPS) is 15.9. The zero-order chi connectivity index (χ0) is 19.5. The molecule has 1 unspecified atom stereocenters. The lowest BCUT2D eigenvalue weighted by Gasteiger charge is -2.33. The molecule has 28 heavy (non-hydrogen) atoms. The number of hydrogen-bond donors (Lipinski definition) is 1. The molecule has 7 heteroatoms. The van der Waals surface area contributed by atoms with Gasteiger partial charge in [0.15, 0.2) is 5.82 Å². The number of anilines is 1. The number of nitrogens with one attached hydrogen (secondary N) is 1. The summed E-state index contributed by atoms with van der Waals surface area (Å²) in [6, 6.07) is 11.1. The molecule has 144 valence electrons. The largest absolute Gasteiger partial charge is 0.360 e. The van der Waals surface area contributed by atoms with Gasteiger partial charge in [0.25, 0.3) is 0 Å². The van der Waals surface area contributed by atoms with Crippen molar-refractivity contribution >= 4 is 17.3 Å². The van der Waals surface area contributed by atoms with Gasteiger partial charge in [0.1, 0.15) is 17.6 Å². The molecule has 2 aromatic heterocycles. The van der Waals surface area contributed by atoms with E-state index < -0.39 is 6.04 Å². The van der Waals surface area contributed by atoms with Crippen LogP contribution in [0.2, 0.25) is 0 Å². The second kappa shape index (κ2) is 7.82. The molecule has 1 atom stereocenters. The minimum absolute atomic E-state index is 0.117. The number of benzene rings is 1. The number of carbonyl (C=O) groups excluding carboxylic acids is 1. The second-order valence-electron chi connectivity index (χ2n) is 6.96. The van der Waals surface area contributed by atoms with E-state index in [1.807, 2.05) is 54.3 Å². The van der Waals surface area contributed by atoms with Gasteiger partial charge in [0.2, 0.25) is 5.91 Å². The lowest BCUT2D eigenvalue weighted by Crippen LogP contribution is -2.39. The van der Waals surface area contributed by atoms with Gasteiger partial charge < -0.3 is 14.4 Å². The fourth-order valence-electron chi connectivity index (χ4n) is 3.58. The highest BCUT2D eigenvalue weighted by atomic mass is 16.5. The minimum atomic E-state index is -0.405. The van der Waals surface area contributed by atoms with Crippen molar-refractivity contribution in [1.29, 1.82) is 0 Å². The molecule has 0 saturated heterocycles. The molecule has 0 radical (unpaired) electrons. The lowest BCUT2D eigenvalue weighted by molar-refractivity contribution is -0.121. The van der Waals surface area contributed by atoms with Crippen LogP contribution in [0.3, 0.4) is 0 Å². The first-order chi connectivity index (χ1) is 13.6. The Kier molecular flexibility index (Phi) is 5.08. The molecule has 0 aliphatic carbocycles. The van der Waals surface area contributed by atoms with Gasteiger partial charge in [-0.2, -0.15) is 0 Å². The van der Waals surface area contributed by atoms with E-state index in [2.05, 4.69) is 26.4 Å². The van der Waals surface area contributed by atoms with Gasteiger partial charge in [-0.1, -0.05) is 41.6 Å². The Hall–Kier alpha value is -3.19. The summed E-state index contributed by atoms with van der Waals surface area (Å²) in [6.07, 6.45) is 6.76. The van der Waals surface area contributed by atoms with Crippen LogP contribution in [-0.4, -0.2) is 38.6 Å². The summed E-state index contributed by atoms with van der Waals surface area (Å²) < 4.78 is 7.09. The van der Waals surface area contributed by atoms with E-state index in [1.165, 1.54) is 5.57 Å². The molecule has 0 spiro atoms. The third-order valence-electron chi connectivity index (χ3n) is 4.96. The molecule has 3 heterocycles. The molecule has 1 aliphatic heterocycles. The summed E-state index contributed by atoms with van der Waals surface area (Å²) in [5.74, 6) is 1.96. The Balaban J connectivity index is 1.57. The standard InChI is InChI=1S/C21H23N5O2/c1-15-14-18(24-28-15)23-21(27)19(16-6-4-3-5-7-16)26-11-8-17(9-12-26)20-22-10-13-25(20)2/h3-8,10,13-14,19H,9,11-12H2,1-2H3,(H,23,24,27). The maximum absolute atomic E-state index is 13.1. The Morgan fingerprint density at radius 3 is 2.71 bits per heavy atom. The van der Waals surface area contributed by atoms with Gasteiger partial charge in [-0.05, 0) is 24.5 Å². The Morgan fingerprint density at radius 2 is 2.11 bits per heavy atom. The highest BCUT2D eigenvalue weighted by Crippen LogP contribution is 2.28. The molecule has 1 aromatic carbocycles. The highest BCUT2D eigenvalue weighted by Gasteiger charge is 2.30. The fraction of sp³-hybridized carbons (Fsp3) is 0.286.